The van der Waals surface area contributed by atoms with Crippen molar-refractivity contribution in [2.75, 3.05) is 17.6 Å². The number of carbonyl (C=O) groups excluding carboxylic acids is 2. The van der Waals surface area contributed by atoms with E-state index in [-0.39, 0.29) is 11.8 Å². The molecule has 0 saturated heterocycles. The summed E-state index contributed by atoms with van der Waals surface area (Å²) in [6.45, 7) is 0.519. The number of nitrogens with one attached hydrogen (secondary N) is 2. The van der Waals surface area contributed by atoms with Gasteiger partial charge in [-0.05, 0) is 42.3 Å². The zero-order chi connectivity index (χ0) is 16.2. The maximum absolute atomic E-state index is 12.0. The predicted molar refractivity (Wildman–Crippen MR) is 93.3 cm³/mol. The van der Waals surface area contributed by atoms with Gasteiger partial charge in [0, 0.05) is 22.0 Å². The van der Waals surface area contributed by atoms with Crippen LogP contribution in [0.2, 0.25) is 5.02 Å². The lowest BCUT2D eigenvalue weighted by atomic mass is 10.1. The molecular formula is C17H15ClN2O2S. The number of benzene rings is 2. The van der Waals surface area contributed by atoms with Gasteiger partial charge in [-0.3, -0.25) is 9.59 Å². The third-order valence-electron chi connectivity index (χ3n) is 3.46. The highest BCUT2D eigenvalue weighted by molar-refractivity contribution is 8.00. The summed E-state index contributed by atoms with van der Waals surface area (Å²) in [6, 6.07) is 12.8. The van der Waals surface area contributed by atoms with Gasteiger partial charge < -0.3 is 10.6 Å². The van der Waals surface area contributed by atoms with E-state index in [2.05, 4.69) is 10.6 Å². The van der Waals surface area contributed by atoms with Crippen molar-refractivity contribution in [1.29, 1.82) is 0 Å². The molecule has 2 aromatic rings. The normalized spacial score (nSPS) is 13.2. The number of hydrogen-bond acceptors (Lipinski definition) is 3. The maximum Gasteiger partial charge on any atom is 0.251 e. The second-order valence-corrected chi connectivity index (χ2v) is 6.64. The first-order valence-corrected chi connectivity index (χ1v) is 8.57. The highest BCUT2D eigenvalue weighted by Crippen LogP contribution is 2.31. The van der Waals surface area contributed by atoms with Crippen LogP contribution in [0.3, 0.4) is 0 Å². The minimum absolute atomic E-state index is 0.0221. The van der Waals surface area contributed by atoms with Crippen LogP contribution in [0.25, 0.3) is 0 Å². The fourth-order valence-electron chi connectivity index (χ4n) is 2.34. The number of hydrogen-bond donors (Lipinski definition) is 2. The molecule has 6 heteroatoms. The molecule has 0 aliphatic carbocycles. The van der Waals surface area contributed by atoms with E-state index < -0.39 is 0 Å². The quantitative estimate of drug-likeness (QED) is 0.892. The topological polar surface area (TPSA) is 58.2 Å². The lowest BCUT2D eigenvalue weighted by molar-refractivity contribution is -0.113. The Morgan fingerprint density at radius 3 is 2.96 bits per heavy atom. The monoisotopic (exact) mass is 346 g/mol. The number of carbonyl (C=O) groups is 2. The van der Waals surface area contributed by atoms with E-state index in [1.165, 1.54) is 11.8 Å². The van der Waals surface area contributed by atoms with Crippen LogP contribution in [0.4, 0.5) is 5.69 Å². The van der Waals surface area contributed by atoms with Crippen molar-refractivity contribution in [1.82, 2.24) is 5.32 Å². The Hall–Kier alpha value is -1.98. The van der Waals surface area contributed by atoms with Gasteiger partial charge in [0.15, 0.2) is 0 Å². The van der Waals surface area contributed by atoms with Crippen molar-refractivity contribution in [3.63, 3.8) is 0 Å². The Kier molecular flexibility index (Phi) is 4.88. The number of anilines is 1. The standard InChI is InChI=1S/C17H15ClN2O2S/c18-13-3-1-2-12(9-13)17(22)19-7-6-11-4-5-15-14(8-11)20-16(21)10-23-15/h1-5,8-9H,6-7,10H2,(H,19,22)(H,20,21). The van der Waals surface area contributed by atoms with Crippen molar-refractivity contribution in [3.8, 4) is 0 Å². The first kappa shape index (κ1) is 15.9. The summed E-state index contributed by atoms with van der Waals surface area (Å²) in [5.74, 6) is 0.338. The molecule has 0 atom stereocenters. The van der Waals surface area contributed by atoms with E-state index in [0.717, 1.165) is 16.1 Å². The molecule has 3 rings (SSSR count). The Balaban J connectivity index is 1.57. The molecule has 0 spiro atoms. The molecule has 1 aliphatic heterocycles. The summed E-state index contributed by atoms with van der Waals surface area (Å²) < 4.78 is 0. The molecular weight excluding hydrogens is 332 g/mol. The average Bonchev–Trinajstić information content (AvgIpc) is 2.54. The molecule has 2 aromatic carbocycles. The molecule has 1 aliphatic rings. The van der Waals surface area contributed by atoms with Crippen LogP contribution in [0, 0.1) is 0 Å². The van der Waals surface area contributed by atoms with Crippen molar-refractivity contribution < 1.29 is 9.59 Å². The number of amides is 2. The van der Waals surface area contributed by atoms with Gasteiger partial charge in [0.1, 0.15) is 0 Å². The summed E-state index contributed by atoms with van der Waals surface area (Å²) >= 11 is 7.42. The van der Waals surface area contributed by atoms with Crippen molar-refractivity contribution in [2.45, 2.75) is 11.3 Å². The highest BCUT2D eigenvalue weighted by Gasteiger charge is 2.15. The molecule has 0 aromatic heterocycles. The number of rotatable bonds is 4. The van der Waals surface area contributed by atoms with Crippen LogP contribution in [-0.4, -0.2) is 24.1 Å². The van der Waals surface area contributed by atoms with Gasteiger partial charge in [-0.2, -0.15) is 0 Å². The number of thioether (sulfide) groups is 1. The van der Waals surface area contributed by atoms with Crippen LogP contribution in [-0.2, 0) is 11.2 Å². The Morgan fingerprint density at radius 2 is 2.13 bits per heavy atom. The SMILES string of the molecule is O=C1CSc2ccc(CCNC(=O)c3cccc(Cl)c3)cc2N1. The lowest BCUT2D eigenvalue weighted by Gasteiger charge is -2.17. The van der Waals surface area contributed by atoms with Gasteiger partial charge in [-0.25, -0.2) is 0 Å². The summed E-state index contributed by atoms with van der Waals surface area (Å²) in [4.78, 5) is 24.5. The lowest BCUT2D eigenvalue weighted by Crippen LogP contribution is -2.25. The zero-order valence-corrected chi connectivity index (χ0v) is 13.8. The minimum atomic E-state index is -0.144. The first-order chi connectivity index (χ1) is 11.1. The van der Waals surface area contributed by atoms with E-state index in [1.807, 2.05) is 18.2 Å². The van der Waals surface area contributed by atoms with Crippen molar-refractivity contribution in [2.24, 2.45) is 0 Å². The Morgan fingerprint density at radius 1 is 1.26 bits per heavy atom. The molecule has 0 fully saturated rings. The third kappa shape index (κ3) is 4.06. The second-order valence-electron chi connectivity index (χ2n) is 5.18. The molecule has 4 nitrogen and oxygen atoms in total. The average molecular weight is 347 g/mol. The van der Waals surface area contributed by atoms with E-state index in [4.69, 9.17) is 11.6 Å². The Bertz CT molecular complexity index is 764. The summed E-state index contributed by atoms with van der Waals surface area (Å²) in [6.07, 6.45) is 0.695. The summed E-state index contributed by atoms with van der Waals surface area (Å²) in [5, 5.41) is 6.29. The fourth-order valence-corrected chi connectivity index (χ4v) is 3.32. The minimum Gasteiger partial charge on any atom is -0.352 e. The molecule has 2 amide bonds. The molecule has 0 saturated carbocycles. The summed E-state index contributed by atoms with van der Waals surface area (Å²) in [5.41, 5.74) is 2.47. The van der Waals surface area contributed by atoms with Gasteiger partial charge in [0.25, 0.3) is 5.91 Å². The van der Waals surface area contributed by atoms with Crippen LogP contribution in [0.5, 0.6) is 0 Å². The largest absolute Gasteiger partial charge is 0.352 e. The maximum atomic E-state index is 12.0. The van der Waals surface area contributed by atoms with Gasteiger partial charge in [-0.15, -0.1) is 11.8 Å². The molecule has 118 valence electrons. The van der Waals surface area contributed by atoms with Gasteiger partial charge >= 0.3 is 0 Å². The molecule has 0 bridgehead atoms. The van der Waals surface area contributed by atoms with E-state index in [0.29, 0.717) is 29.3 Å². The van der Waals surface area contributed by atoms with Gasteiger partial charge in [0.05, 0.1) is 11.4 Å². The number of fused-ring (bicyclic) bond motifs is 1. The van der Waals surface area contributed by atoms with Gasteiger partial charge in [-0.1, -0.05) is 23.7 Å². The smallest absolute Gasteiger partial charge is 0.251 e. The predicted octanol–water partition coefficient (Wildman–Crippen LogP) is 3.36. The highest BCUT2D eigenvalue weighted by atomic mass is 35.5. The second kappa shape index (κ2) is 7.06. The molecule has 0 radical (unpaired) electrons. The molecule has 0 unspecified atom stereocenters. The van der Waals surface area contributed by atoms with Crippen molar-refractivity contribution in [3.05, 3.63) is 58.6 Å². The number of halogens is 1. The molecule has 1 heterocycles. The first-order valence-electron chi connectivity index (χ1n) is 7.21. The molecule has 23 heavy (non-hydrogen) atoms. The zero-order valence-electron chi connectivity index (χ0n) is 12.3. The van der Waals surface area contributed by atoms with E-state index in [1.54, 1.807) is 24.3 Å². The fraction of sp³-hybridized carbons (Fsp3) is 0.176. The van der Waals surface area contributed by atoms with Crippen LogP contribution in [0.15, 0.2) is 47.4 Å². The summed E-state index contributed by atoms with van der Waals surface area (Å²) in [7, 11) is 0. The third-order valence-corrected chi connectivity index (χ3v) is 4.77. The van der Waals surface area contributed by atoms with E-state index in [9.17, 15) is 9.59 Å². The van der Waals surface area contributed by atoms with Crippen LogP contribution >= 0.6 is 23.4 Å². The Labute approximate surface area is 143 Å². The van der Waals surface area contributed by atoms with E-state index >= 15 is 0 Å². The van der Waals surface area contributed by atoms with Gasteiger partial charge in [0.2, 0.25) is 5.91 Å². The van der Waals surface area contributed by atoms with Crippen molar-refractivity contribution >= 4 is 40.9 Å². The van der Waals surface area contributed by atoms with Crippen LogP contribution in [0.1, 0.15) is 15.9 Å². The van der Waals surface area contributed by atoms with Crippen LogP contribution < -0.4 is 10.6 Å². The molecule has 2 N–H and O–H groups in total.